The number of hydrogen-bond acceptors (Lipinski definition) is 8. The fraction of sp³-hybridized carbons (Fsp3) is 0.111. The Balaban J connectivity index is 1.57. The zero-order valence-corrected chi connectivity index (χ0v) is 22.3. The van der Waals surface area contributed by atoms with Crippen molar-refractivity contribution >= 4 is 64.0 Å². The van der Waals surface area contributed by atoms with E-state index in [9.17, 15) is 24.3 Å². The Kier molecular flexibility index (Phi) is 7.80. The van der Waals surface area contributed by atoms with Crippen LogP contribution in [0.3, 0.4) is 0 Å². The van der Waals surface area contributed by atoms with Crippen LogP contribution in [0.2, 0.25) is 5.02 Å². The predicted octanol–water partition coefficient (Wildman–Crippen LogP) is 3.72. The molecule has 0 radical (unpaired) electrons. The molecular weight excluding hydrogens is 549 g/mol. The van der Waals surface area contributed by atoms with Crippen molar-refractivity contribution in [2.75, 3.05) is 29.8 Å². The van der Waals surface area contributed by atoms with Gasteiger partial charge in [0.25, 0.3) is 17.7 Å². The third-order valence-electron chi connectivity index (χ3n) is 5.75. The molecule has 1 aliphatic heterocycles. The number of carboxylic acids is 1. The largest absolute Gasteiger partial charge is 0.545 e. The van der Waals surface area contributed by atoms with Crippen LogP contribution < -0.4 is 30.1 Å². The molecule has 200 valence electrons. The number of hydrogen-bond donors (Lipinski definition) is 2. The number of nitrogens with zero attached hydrogens (tertiary/aromatic N) is 1. The smallest absolute Gasteiger partial charge is 0.283 e. The van der Waals surface area contributed by atoms with Gasteiger partial charge in [0.15, 0.2) is 0 Å². The Labute approximate surface area is 232 Å². The minimum Gasteiger partial charge on any atom is -0.545 e. The van der Waals surface area contributed by atoms with E-state index in [0.717, 1.165) is 16.5 Å². The summed E-state index contributed by atoms with van der Waals surface area (Å²) < 4.78 is 10.4. The number of carbonyl (C=O) groups excluding carboxylic acids is 4. The average Bonchev–Trinajstić information content (AvgIpc) is 3.12. The Bertz CT molecular complexity index is 1570. The molecule has 2 N–H and O–H groups in total. The van der Waals surface area contributed by atoms with Crippen molar-refractivity contribution in [1.82, 2.24) is 0 Å². The lowest BCUT2D eigenvalue weighted by atomic mass is 10.1. The van der Waals surface area contributed by atoms with Crippen LogP contribution >= 0.6 is 23.2 Å². The number of carbonyl (C=O) groups is 4. The van der Waals surface area contributed by atoms with Crippen molar-refractivity contribution in [3.05, 3.63) is 87.0 Å². The molecular formula is C27H20Cl2N3O7-. The van der Waals surface area contributed by atoms with Crippen LogP contribution in [0.1, 0.15) is 26.3 Å². The maximum absolute atomic E-state index is 13.2. The van der Waals surface area contributed by atoms with Gasteiger partial charge >= 0.3 is 0 Å². The number of aromatic carboxylic acids is 1. The van der Waals surface area contributed by atoms with Crippen molar-refractivity contribution < 1.29 is 33.8 Å². The van der Waals surface area contributed by atoms with E-state index in [1.54, 1.807) is 37.3 Å². The van der Waals surface area contributed by atoms with Gasteiger partial charge < -0.3 is 30.0 Å². The molecule has 3 amide bonds. The van der Waals surface area contributed by atoms with Gasteiger partial charge in [-0.25, -0.2) is 4.90 Å². The molecule has 0 saturated heterocycles. The fourth-order valence-electron chi connectivity index (χ4n) is 3.86. The van der Waals surface area contributed by atoms with Crippen LogP contribution in [0.5, 0.6) is 11.5 Å². The van der Waals surface area contributed by atoms with Crippen LogP contribution in [-0.2, 0) is 9.59 Å². The van der Waals surface area contributed by atoms with Crippen molar-refractivity contribution in [2.24, 2.45) is 0 Å². The summed E-state index contributed by atoms with van der Waals surface area (Å²) in [4.78, 5) is 51.3. The van der Waals surface area contributed by atoms with Crippen LogP contribution in [0.15, 0.2) is 65.3 Å². The summed E-state index contributed by atoms with van der Waals surface area (Å²) in [5.41, 5.74) is 1.16. The zero-order chi connectivity index (χ0) is 28.4. The van der Waals surface area contributed by atoms with E-state index >= 15 is 0 Å². The van der Waals surface area contributed by atoms with E-state index in [1.165, 1.54) is 32.4 Å². The number of imide groups is 1. The molecule has 0 saturated carbocycles. The Morgan fingerprint density at radius 2 is 1.64 bits per heavy atom. The van der Waals surface area contributed by atoms with Crippen molar-refractivity contribution in [1.29, 1.82) is 0 Å². The first-order valence-electron chi connectivity index (χ1n) is 11.3. The third kappa shape index (κ3) is 5.38. The summed E-state index contributed by atoms with van der Waals surface area (Å²) in [6.45, 7) is 1.81. The third-order valence-corrected chi connectivity index (χ3v) is 6.42. The molecule has 1 aliphatic rings. The Morgan fingerprint density at radius 3 is 2.31 bits per heavy atom. The monoisotopic (exact) mass is 568 g/mol. The van der Waals surface area contributed by atoms with Crippen molar-refractivity contribution in [3.8, 4) is 11.5 Å². The van der Waals surface area contributed by atoms with Gasteiger partial charge in [-0.15, -0.1) is 0 Å². The molecule has 0 aliphatic carbocycles. The van der Waals surface area contributed by atoms with Gasteiger partial charge in [-0.1, -0.05) is 35.3 Å². The van der Waals surface area contributed by atoms with Gasteiger partial charge in [0.1, 0.15) is 22.2 Å². The van der Waals surface area contributed by atoms with Crippen LogP contribution in [0.4, 0.5) is 17.1 Å². The van der Waals surface area contributed by atoms with E-state index in [1.807, 2.05) is 0 Å². The second-order valence-corrected chi connectivity index (χ2v) is 9.07. The number of ether oxygens (including phenoxy) is 2. The van der Waals surface area contributed by atoms with E-state index in [2.05, 4.69) is 10.6 Å². The van der Waals surface area contributed by atoms with E-state index in [-0.39, 0.29) is 44.0 Å². The molecule has 0 atom stereocenters. The van der Waals surface area contributed by atoms with E-state index in [4.69, 9.17) is 32.7 Å². The number of anilines is 3. The number of carboxylic acid groups (broad SMARTS) is 1. The van der Waals surface area contributed by atoms with Gasteiger partial charge in [-0.3, -0.25) is 14.4 Å². The summed E-state index contributed by atoms with van der Waals surface area (Å²) in [5, 5.41) is 16.3. The highest BCUT2D eigenvalue weighted by Gasteiger charge is 2.40. The lowest BCUT2D eigenvalue weighted by Crippen LogP contribution is -2.32. The van der Waals surface area contributed by atoms with Gasteiger partial charge in [-0.05, 0) is 48.9 Å². The maximum atomic E-state index is 13.2. The second-order valence-electron chi connectivity index (χ2n) is 8.29. The topological polar surface area (TPSA) is 137 Å². The molecule has 1 heterocycles. The summed E-state index contributed by atoms with van der Waals surface area (Å²) in [7, 11) is 2.69. The lowest BCUT2D eigenvalue weighted by Gasteiger charge is -2.18. The number of benzene rings is 3. The van der Waals surface area contributed by atoms with Crippen LogP contribution in [0.25, 0.3) is 0 Å². The second kappa shape index (κ2) is 11.1. The van der Waals surface area contributed by atoms with Crippen molar-refractivity contribution in [3.63, 3.8) is 0 Å². The molecule has 4 rings (SSSR count). The SMILES string of the molecule is COc1cc(NC(=O)c2cccc(NC3=C(Cl)C(=O)N(c4cc(C)ccc4OC)C3=O)c2)c(Cl)cc1C(=O)[O-]. The van der Waals surface area contributed by atoms with E-state index in [0.29, 0.717) is 11.4 Å². The van der Waals surface area contributed by atoms with Gasteiger partial charge in [-0.2, -0.15) is 0 Å². The molecule has 0 fully saturated rings. The normalized spacial score (nSPS) is 13.0. The summed E-state index contributed by atoms with van der Waals surface area (Å²) in [5.74, 6) is -3.25. The highest BCUT2D eigenvalue weighted by molar-refractivity contribution is 6.53. The number of rotatable bonds is 8. The number of amides is 3. The molecule has 0 aromatic heterocycles. The van der Waals surface area contributed by atoms with Crippen LogP contribution in [-0.4, -0.2) is 37.9 Å². The van der Waals surface area contributed by atoms with Gasteiger partial charge in [0.2, 0.25) is 0 Å². The predicted molar refractivity (Wildman–Crippen MR) is 143 cm³/mol. The summed E-state index contributed by atoms with van der Waals surface area (Å²) in [6.07, 6.45) is 0. The zero-order valence-electron chi connectivity index (χ0n) is 20.8. The molecule has 12 heteroatoms. The van der Waals surface area contributed by atoms with Crippen LogP contribution in [0, 0.1) is 6.92 Å². The maximum Gasteiger partial charge on any atom is 0.283 e. The lowest BCUT2D eigenvalue weighted by molar-refractivity contribution is -0.255. The highest BCUT2D eigenvalue weighted by atomic mass is 35.5. The van der Waals surface area contributed by atoms with Crippen molar-refractivity contribution in [2.45, 2.75) is 6.92 Å². The number of nitrogens with one attached hydrogen (secondary N) is 2. The standard InChI is InChI=1S/C27H21Cl2N3O7/c1-13-7-8-20(38-2)19(9-13)32-25(34)22(29)23(26(32)35)30-15-6-4-5-14(10-15)24(33)31-18-12-21(39-3)16(27(36)37)11-17(18)28/h4-12,30H,1-3H3,(H,31,33)(H,36,37)/p-1. The quantitative estimate of drug-likeness (QED) is 0.392. The molecule has 3 aromatic carbocycles. The minimum absolute atomic E-state index is 0.0451. The van der Waals surface area contributed by atoms with E-state index < -0.39 is 23.7 Å². The van der Waals surface area contributed by atoms with Gasteiger partial charge in [0.05, 0.1) is 36.6 Å². The molecule has 3 aromatic rings. The molecule has 10 nitrogen and oxygen atoms in total. The number of aryl methyl sites for hydroxylation is 1. The molecule has 39 heavy (non-hydrogen) atoms. The average molecular weight is 569 g/mol. The molecule has 0 bridgehead atoms. The Morgan fingerprint density at radius 1 is 0.923 bits per heavy atom. The number of methoxy groups -OCH3 is 2. The first-order chi connectivity index (χ1) is 18.5. The number of halogens is 2. The summed E-state index contributed by atoms with van der Waals surface area (Å²) in [6, 6.07) is 13.5. The highest BCUT2D eigenvalue weighted by Crippen LogP contribution is 2.36. The minimum atomic E-state index is -1.49. The molecule has 0 unspecified atom stereocenters. The molecule has 0 spiro atoms. The fourth-order valence-corrected chi connectivity index (χ4v) is 4.28. The Hall–Kier alpha value is -4.54. The van der Waals surface area contributed by atoms with Gasteiger partial charge in [0, 0.05) is 22.9 Å². The first kappa shape index (κ1) is 27.5. The summed E-state index contributed by atoms with van der Waals surface area (Å²) >= 11 is 12.4. The first-order valence-corrected chi connectivity index (χ1v) is 12.0.